The van der Waals surface area contributed by atoms with Crippen LogP contribution < -0.4 is 10.6 Å². The number of benzene rings is 1. The topological polar surface area (TPSA) is 54.8 Å². The van der Waals surface area contributed by atoms with Crippen molar-refractivity contribution in [3.63, 3.8) is 0 Å². The van der Waals surface area contributed by atoms with E-state index < -0.39 is 0 Å². The highest BCUT2D eigenvalue weighted by Gasteiger charge is 2.06. The number of hydrogen-bond acceptors (Lipinski definition) is 3. The van der Waals surface area contributed by atoms with E-state index in [1.54, 1.807) is 23.1 Å². The molecule has 0 unspecified atom stereocenters. The summed E-state index contributed by atoms with van der Waals surface area (Å²) in [5.41, 5.74) is 0.918. The van der Waals surface area contributed by atoms with Crippen LogP contribution in [0.2, 0.25) is 10.0 Å². The van der Waals surface area contributed by atoms with Crippen LogP contribution in [0.25, 0.3) is 0 Å². The lowest BCUT2D eigenvalue weighted by molar-refractivity contribution is 0.687. The van der Waals surface area contributed by atoms with Crippen LogP contribution in [0.3, 0.4) is 0 Å². The lowest BCUT2D eigenvalue weighted by Crippen LogP contribution is -2.28. The average molecular weight is 330 g/mol. The zero-order valence-corrected chi connectivity index (χ0v) is 13.1. The van der Waals surface area contributed by atoms with Crippen LogP contribution in [-0.2, 0) is 6.54 Å². The third-order valence-corrected chi connectivity index (χ3v) is 3.28. The molecule has 5 nitrogen and oxygen atoms in total. The summed E-state index contributed by atoms with van der Waals surface area (Å²) in [6, 6.07) is 5.36. The summed E-state index contributed by atoms with van der Waals surface area (Å²) in [5.74, 6) is 0.445. The number of hydrogen-bond donors (Lipinski definition) is 2. The Kier molecular flexibility index (Phi) is 5.17. The summed E-state index contributed by atoms with van der Waals surface area (Å²) in [6.07, 6.45) is 1.61. The minimum Gasteiger partial charge on any atom is -0.363 e. The highest BCUT2D eigenvalue weighted by atomic mass is 35.5. The molecule has 0 atom stereocenters. The first-order chi connectivity index (χ1) is 9.58. The van der Waals surface area contributed by atoms with E-state index in [0.717, 1.165) is 12.1 Å². The first kappa shape index (κ1) is 15.0. The van der Waals surface area contributed by atoms with Crippen molar-refractivity contribution < 1.29 is 0 Å². The molecule has 8 heteroatoms. The second-order valence-electron chi connectivity index (χ2n) is 3.99. The van der Waals surface area contributed by atoms with Crippen LogP contribution in [0.4, 0.5) is 5.95 Å². The second kappa shape index (κ2) is 6.88. The van der Waals surface area contributed by atoms with E-state index in [9.17, 15) is 0 Å². The van der Waals surface area contributed by atoms with Gasteiger partial charge in [0.15, 0.2) is 5.11 Å². The second-order valence-corrected chi connectivity index (χ2v) is 5.24. The number of nitrogens with one attached hydrogen (secondary N) is 2. The Balaban J connectivity index is 2.04. The van der Waals surface area contributed by atoms with Gasteiger partial charge in [-0.2, -0.15) is 0 Å². The molecule has 106 valence electrons. The Labute approximate surface area is 132 Å². The molecule has 0 saturated heterocycles. The Morgan fingerprint density at radius 1 is 1.40 bits per heavy atom. The molecule has 0 amide bonds. The first-order valence-electron chi connectivity index (χ1n) is 5.96. The van der Waals surface area contributed by atoms with E-state index in [4.69, 9.17) is 35.4 Å². The molecule has 2 aromatic rings. The van der Waals surface area contributed by atoms with Crippen molar-refractivity contribution in [2.45, 2.75) is 13.5 Å². The summed E-state index contributed by atoms with van der Waals surface area (Å²) in [5, 5.41) is 11.8. The van der Waals surface area contributed by atoms with Crippen LogP contribution in [-0.4, -0.2) is 26.4 Å². The third-order valence-electron chi connectivity index (χ3n) is 2.45. The summed E-state index contributed by atoms with van der Waals surface area (Å²) < 4.78 is 1.67. The maximum Gasteiger partial charge on any atom is 0.248 e. The van der Waals surface area contributed by atoms with Gasteiger partial charge in [0.1, 0.15) is 6.33 Å². The van der Waals surface area contributed by atoms with Gasteiger partial charge in [-0.25, -0.2) is 9.67 Å². The highest BCUT2D eigenvalue weighted by molar-refractivity contribution is 7.80. The molecular weight excluding hydrogens is 317 g/mol. The molecule has 2 rings (SSSR count). The molecule has 0 aliphatic carbocycles. The Bertz CT molecular complexity index is 614. The van der Waals surface area contributed by atoms with Crippen LogP contribution in [0.5, 0.6) is 0 Å². The third kappa shape index (κ3) is 4.06. The van der Waals surface area contributed by atoms with Crippen molar-refractivity contribution in [1.82, 2.24) is 20.1 Å². The minimum absolute atomic E-state index is 0.445. The molecule has 1 aromatic carbocycles. The molecule has 0 spiro atoms. The van der Waals surface area contributed by atoms with E-state index >= 15 is 0 Å². The molecule has 0 bridgehead atoms. The lowest BCUT2D eigenvalue weighted by atomic mass is 10.2. The molecule has 0 radical (unpaired) electrons. The van der Waals surface area contributed by atoms with Crippen molar-refractivity contribution in [3.8, 4) is 0 Å². The Morgan fingerprint density at radius 2 is 2.20 bits per heavy atom. The molecule has 0 aliphatic rings. The van der Waals surface area contributed by atoms with E-state index in [-0.39, 0.29) is 0 Å². The molecule has 0 saturated carbocycles. The average Bonchev–Trinajstić information content (AvgIpc) is 2.80. The van der Waals surface area contributed by atoms with Gasteiger partial charge < -0.3 is 5.32 Å². The maximum absolute atomic E-state index is 6.12. The highest BCUT2D eigenvalue weighted by Crippen LogP contribution is 2.21. The van der Waals surface area contributed by atoms with Crippen molar-refractivity contribution >= 4 is 46.5 Å². The number of halogens is 2. The predicted octanol–water partition coefficient (Wildman–Crippen LogP) is 2.94. The fourth-order valence-corrected chi connectivity index (χ4v) is 2.26. The first-order valence-corrected chi connectivity index (χ1v) is 7.13. The Morgan fingerprint density at radius 3 is 2.90 bits per heavy atom. The summed E-state index contributed by atoms with van der Waals surface area (Å²) in [4.78, 5) is 4.13. The van der Waals surface area contributed by atoms with Gasteiger partial charge >= 0.3 is 0 Å². The van der Waals surface area contributed by atoms with Gasteiger partial charge in [0.2, 0.25) is 5.95 Å². The zero-order valence-electron chi connectivity index (χ0n) is 10.7. The van der Waals surface area contributed by atoms with E-state index in [1.807, 2.05) is 13.0 Å². The number of anilines is 1. The number of aromatic nitrogens is 3. The van der Waals surface area contributed by atoms with E-state index in [1.165, 1.54) is 0 Å². The molecule has 0 aliphatic heterocycles. The van der Waals surface area contributed by atoms with Gasteiger partial charge in [-0.1, -0.05) is 29.3 Å². The molecule has 1 heterocycles. The van der Waals surface area contributed by atoms with Gasteiger partial charge in [-0.3, -0.25) is 5.32 Å². The predicted molar refractivity (Wildman–Crippen MR) is 85.5 cm³/mol. The lowest BCUT2D eigenvalue weighted by Gasteiger charge is -2.05. The van der Waals surface area contributed by atoms with Gasteiger partial charge in [0.25, 0.3) is 0 Å². The summed E-state index contributed by atoms with van der Waals surface area (Å²) in [7, 11) is 0. The van der Waals surface area contributed by atoms with E-state index in [2.05, 4.69) is 20.7 Å². The largest absolute Gasteiger partial charge is 0.363 e. The maximum atomic E-state index is 6.12. The summed E-state index contributed by atoms with van der Waals surface area (Å²) in [6.45, 7) is 3.22. The summed E-state index contributed by atoms with van der Waals surface area (Å²) >= 11 is 17.0. The van der Waals surface area contributed by atoms with Gasteiger partial charge in [0.05, 0.1) is 6.54 Å². The van der Waals surface area contributed by atoms with Crippen molar-refractivity contribution in [2.75, 3.05) is 11.9 Å². The van der Waals surface area contributed by atoms with Crippen LogP contribution >= 0.6 is 35.4 Å². The van der Waals surface area contributed by atoms with E-state index in [0.29, 0.717) is 27.7 Å². The van der Waals surface area contributed by atoms with Gasteiger partial charge in [0, 0.05) is 16.6 Å². The minimum atomic E-state index is 0.445. The quantitative estimate of drug-likeness (QED) is 0.844. The molecular formula is C12H13Cl2N5S. The standard InChI is InChI=1S/C12H13Cl2N5S/c1-2-15-12(20)17-11-16-7-19(18-11)6-8-3-4-9(13)5-10(8)14/h3-5,7H,2,6H2,1H3,(H2,15,17,18,20). The van der Waals surface area contributed by atoms with Crippen molar-refractivity contribution in [1.29, 1.82) is 0 Å². The fraction of sp³-hybridized carbons (Fsp3) is 0.250. The smallest absolute Gasteiger partial charge is 0.248 e. The molecule has 2 N–H and O–H groups in total. The van der Waals surface area contributed by atoms with Crippen LogP contribution in [0.1, 0.15) is 12.5 Å². The van der Waals surface area contributed by atoms with Crippen molar-refractivity contribution in [2.24, 2.45) is 0 Å². The number of thiocarbonyl (C=S) groups is 1. The van der Waals surface area contributed by atoms with Crippen LogP contribution in [0, 0.1) is 0 Å². The van der Waals surface area contributed by atoms with Gasteiger partial charge in [-0.05, 0) is 36.8 Å². The van der Waals surface area contributed by atoms with Crippen molar-refractivity contribution in [3.05, 3.63) is 40.1 Å². The molecule has 1 aromatic heterocycles. The van der Waals surface area contributed by atoms with Crippen LogP contribution in [0.15, 0.2) is 24.5 Å². The SMILES string of the molecule is CCNC(=S)Nc1ncn(Cc2ccc(Cl)cc2Cl)n1. The molecule has 20 heavy (non-hydrogen) atoms. The fourth-order valence-electron chi connectivity index (χ4n) is 1.56. The molecule has 0 fully saturated rings. The normalized spacial score (nSPS) is 10.3. The van der Waals surface area contributed by atoms with Gasteiger partial charge in [-0.15, -0.1) is 5.10 Å². The number of rotatable bonds is 4. The Hall–Kier alpha value is -1.37. The number of nitrogens with zero attached hydrogens (tertiary/aromatic N) is 3. The zero-order chi connectivity index (χ0) is 14.5. The monoisotopic (exact) mass is 329 g/mol.